The number of ether oxygens (including phenoxy) is 1. The largest absolute Gasteiger partial charge is 0.370 e. The number of hydrogen-bond acceptors (Lipinski definition) is 3. The van der Waals surface area contributed by atoms with Crippen LogP contribution in [0.25, 0.3) is 0 Å². The van der Waals surface area contributed by atoms with Gasteiger partial charge in [-0.2, -0.15) is 5.10 Å². The van der Waals surface area contributed by atoms with E-state index in [0.29, 0.717) is 0 Å². The molecule has 2 unspecified atom stereocenters. The van der Waals surface area contributed by atoms with Crippen LogP contribution < -0.4 is 11.2 Å². The number of hydrazone groups is 1. The molecule has 3 N–H and O–H groups in total. The van der Waals surface area contributed by atoms with E-state index in [9.17, 15) is 4.79 Å². The number of hydrogen-bond donors (Lipinski definition) is 2. The third-order valence-electron chi connectivity index (χ3n) is 1.68. The first-order valence-electron chi connectivity index (χ1n) is 3.92. The normalized spacial score (nSPS) is 29.4. The predicted octanol–water partition coefficient (Wildman–Crippen LogP) is 0.208. The molecule has 0 aromatic heterocycles. The quantitative estimate of drug-likeness (QED) is 0.460. The van der Waals surface area contributed by atoms with Crippen molar-refractivity contribution < 1.29 is 9.53 Å². The molecule has 2 amide bonds. The molecule has 0 saturated carbocycles. The summed E-state index contributed by atoms with van der Waals surface area (Å²) >= 11 is 0. The van der Waals surface area contributed by atoms with E-state index in [1.165, 1.54) is 0 Å². The van der Waals surface area contributed by atoms with Crippen LogP contribution in [-0.2, 0) is 4.74 Å². The van der Waals surface area contributed by atoms with Gasteiger partial charge < -0.3 is 10.5 Å². The van der Waals surface area contributed by atoms with Crippen molar-refractivity contribution in [3.63, 3.8) is 0 Å². The maximum atomic E-state index is 10.2. The SMILES string of the molecule is CC1CCC(/C=N/NC(N)=O)O1. The van der Waals surface area contributed by atoms with Crippen molar-refractivity contribution in [3.8, 4) is 0 Å². The Morgan fingerprint density at radius 1 is 1.75 bits per heavy atom. The standard InChI is InChI=1S/C7H13N3O2/c1-5-2-3-6(12-5)4-9-10-7(8)11/h4-6H,2-3H2,1H3,(H3,8,10,11)/b9-4+. The summed E-state index contributed by atoms with van der Waals surface area (Å²) in [6.45, 7) is 2.01. The van der Waals surface area contributed by atoms with E-state index in [1.807, 2.05) is 6.92 Å². The number of primary amides is 1. The Hall–Kier alpha value is -1.10. The van der Waals surface area contributed by atoms with E-state index < -0.39 is 6.03 Å². The molecule has 0 aliphatic carbocycles. The number of carbonyl (C=O) groups excluding carboxylic acids is 1. The monoisotopic (exact) mass is 171 g/mol. The lowest BCUT2D eigenvalue weighted by Crippen LogP contribution is -2.25. The van der Waals surface area contributed by atoms with Crippen LogP contribution in [0, 0.1) is 0 Å². The average Bonchev–Trinajstić information content (AvgIpc) is 2.35. The van der Waals surface area contributed by atoms with Crippen LogP contribution in [0.2, 0.25) is 0 Å². The summed E-state index contributed by atoms with van der Waals surface area (Å²) in [5, 5.41) is 3.61. The molecule has 0 aromatic carbocycles. The summed E-state index contributed by atoms with van der Waals surface area (Å²) in [5.41, 5.74) is 6.92. The van der Waals surface area contributed by atoms with Crippen molar-refractivity contribution >= 4 is 12.2 Å². The lowest BCUT2D eigenvalue weighted by molar-refractivity contribution is 0.0960. The zero-order valence-electron chi connectivity index (χ0n) is 6.99. The Labute approximate surface area is 71.0 Å². The number of rotatable bonds is 2. The molecule has 5 heteroatoms. The summed E-state index contributed by atoms with van der Waals surface area (Å²) in [6.07, 6.45) is 3.86. The molecule has 0 spiro atoms. The smallest absolute Gasteiger partial charge is 0.332 e. The van der Waals surface area contributed by atoms with Crippen molar-refractivity contribution in [2.75, 3.05) is 0 Å². The van der Waals surface area contributed by atoms with E-state index in [1.54, 1.807) is 6.21 Å². The second kappa shape index (κ2) is 4.06. The fourth-order valence-corrected chi connectivity index (χ4v) is 1.13. The van der Waals surface area contributed by atoms with Gasteiger partial charge in [0.2, 0.25) is 0 Å². The van der Waals surface area contributed by atoms with Gasteiger partial charge in [0.15, 0.2) is 0 Å². The molecule has 1 saturated heterocycles. The number of amides is 2. The molecule has 1 aliphatic rings. The zero-order chi connectivity index (χ0) is 8.97. The first kappa shape index (κ1) is 8.99. The van der Waals surface area contributed by atoms with Gasteiger partial charge in [-0.05, 0) is 19.8 Å². The van der Waals surface area contributed by atoms with Crippen molar-refractivity contribution in [1.29, 1.82) is 0 Å². The first-order valence-corrected chi connectivity index (χ1v) is 3.92. The average molecular weight is 171 g/mol. The van der Waals surface area contributed by atoms with Crippen LogP contribution >= 0.6 is 0 Å². The van der Waals surface area contributed by atoms with Crippen LogP contribution in [0.4, 0.5) is 4.79 Å². The lowest BCUT2D eigenvalue weighted by Gasteiger charge is -2.03. The fraction of sp³-hybridized carbons (Fsp3) is 0.714. The summed E-state index contributed by atoms with van der Waals surface area (Å²) in [7, 11) is 0. The summed E-state index contributed by atoms with van der Waals surface area (Å²) in [4.78, 5) is 10.2. The number of nitrogens with zero attached hydrogens (tertiary/aromatic N) is 1. The molecule has 2 atom stereocenters. The third-order valence-corrected chi connectivity index (χ3v) is 1.68. The Balaban J connectivity index is 2.22. The van der Waals surface area contributed by atoms with Crippen LogP contribution in [-0.4, -0.2) is 24.5 Å². The molecule has 0 radical (unpaired) electrons. The molecule has 1 rings (SSSR count). The highest BCUT2D eigenvalue weighted by atomic mass is 16.5. The van der Waals surface area contributed by atoms with E-state index in [-0.39, 0.29) is 12.2 Å². The number of carbonyl (C=O) groups is 1. The van der Waals surface area contributed by atoms with Gasteiger partial charge in [-0.25, -0.2) is 10.2 Å². The van der Waals surface area contributed by atoms with Gasteiger partial charge >= 0.3 is 6.03 Å². The molecule has 1 fully saturated rings. The molecule has 68 valence electrons. The number of nitrogens with one attached hydrogen (secondary N) is 1. The summed E-state index contributed by atoms with van der Waals surface area (Å²) in [5.74, 6) is 0. The highest BCUT2D eigenvalue weighted by Crippen LogP contribution is 2.16. The van der Waals surface area contributed by atoms with Gasteiger partial charge in [-0.3, -0.25) is 0 Å². The molecular formula is C7H13N3O2. The van der Waals surface area contributed by atoms with Gasteiger partial charge in [-0.15, -0.1) is 0 Å². The molecular weight excluding hydrogens is 158 g/mol. The highest BCUT2D eigenvalue weighted by molar-refractivity contribution is 5.73. The van der Waals surface area contributed by atoms with E-state index in [4.69, 9.17) is 10.5 Å². The summed E-state index contributed by atoms with van der Waals surface area (Å²) < 4.78 is 5.40. The van der Waals surface area contributed by atoms with Crippen molar-refractivity contribution in [2.45, 2.75) is 32.0 Å². The van der Waals surface area contributed by atoms with Crippen LogP contribution in [0.5, 0.6) is 0 Å². The number of nitrogens with two attached hydrogens (primary N) is 1. The Morgan fingerprint density at radius 2 is 2.50 bits per heavy atom. The maximum absolute atomic E-state index is 10.2. The number of urea groups is 1. The van der Waals surface area contributed by atoms with Gasteiger partial charge in [0.1, 0.15) is 0 Å². The van der Waals surface area contributed by atoms with Crippen molar-refractivity contribution in [3.05, 3.63) is 0 Å². The first-order chi connectivity index (χ1) is 5.68. The molecule has 0 aromatic rings. The van der Waals surface area contributed by atoms with Gasteiger partial charge in [0.05, 0.1) is 18.4 Å². The molecule has 0 bridgehead atoms. The minimum Gasteiger partial charge on any atom is -0.370 e. The highest BCUT2D eigenvalue weighted by Gasteiger charge is 2.19. The second-order valence-corrected chi connectivity index (χ2v) is 2.82. The van der Waals surface area contributed by atoms with Crippen molar-refractivity contribution in [2.24, 2.45) is 10.8 Å². The van der Waals surface area contributed by atoms with Gasteiger partial charge in [0.25, 0.3) is 0 Å². The Morgan fingerprint density at radius 3 is 3.00 bits per heavy atom. The topological polar surface area (TPSA) is 76.7 Å². The minimum absolute atomic E-state index is 0.0202. The van der Waals surface area contributed by atoms with Crippen molar-refractivity contribution in [1.82, 2.24) is 5.43 Å². The second-order valence-electron chi connectivity index (χ2n) is 2.82. The maximum Gasteiger partial charge on any atom is 0.332 e. The zero-order valence-corrected chi connectivity index (χ0v) is 6.99. The van der Waals surface area contributed by atoms with E-state index in [2.05, 4.69) is 10.5 Å². The van der Waals surface area contributed by atoms with Crippen LogP contribution in [0.3, 0.4) is 0 Å². The molecule has 12 heavy (non-hydrogen) atoms. The fourth-order valence-electron chi connectivity index (χ4n) is 1.13. The Kier molecular flexibility index (Phi) is 3.04. The van der Waals surface area contributed by atoms with Gasteiger partial charge in [0, 0.05) is 0 Å². The van der Waals surface area contributed by atoms with E-state index in [0.717, 1.165) is 12.8 Å². The molecule has 1 aliphatic heterocycles. The predicted molar refractivity (Wildman–Crippen MR) is 44.8 cm³/mol. The minimum atomic E-state index is -0.655. The third kappa shape index (κ3) is 2.87. The molecule has 1 heterocycles. The molecule has 5 nitrogen and oxygen atoms in total. The van der Waals surface area contributed by atoms with Crippen LogP contribution in [0.1, 0.15) is 19.8 Å². The van der Waals surface area contributed by atoms with Crippen LogP contribution in [0.15, 0.2) is 5.10 Å². The lowest BCUT2D eigenvalue weighted by atomic mass is 10.2. The summed E-state index contributed by atoms with van der Waals surface area (Å²) in [6, 6.07) is -0.655. The Bertz CT molecular complexity index is 193. The van der Waals surface area contributed by atoms with Gasteiger partial charge in [-0.1, -0.05) is 0 Å². The van der Waals surface area contributed by atoms with E-state index >= 15 is 0 Å².